The highest BCUT2D eigenvalue weighted by atomic mass is 32.2. The molecule has 4 aromatic rings. The fraction of sp³-hybridized carbons (Fsp3) is 0.192. The molecule has 0 aliphatic rings. The van der Waals surface area contributed by atoms with E-state index in [1.807, 2.05) is 6.92 Å². The summed E-state index contributed by atoms with van der Waals surface area (Å²) in [5.41, 5.74) is -0.105. The van der Waals surface area contributed by atoms with Gasteiger partial charge in [-0.05, 0) is 87.5 Å². The van der Waals surface area contributed by atoms with Gasteiger partial charge in [-0.25, -0.2) is 25.6 Å². The van der Waals surface area contributed by atoms with Crippen LogP contribution in [0, 0.1) is 6.92 Å². The third kappa shape index (κ3) is 5.04. The Morgan fingerprint density at radius 1 is 0.842 bits per heavy atom. The Hall–Kier alpha value is -4.03. The number of nitrogens with one attached hydrogen (secondary N) is 1. The summed E-state index contributed by atoms with van der Waals surface area (Å²) < 4.78 is 67.1. The lowest BCUT2D eigenvalue weighted by molar-refractivity contribution is 0.0698. The number of rotatable bonds is 10. The number of aromatic carboxylic acids is 1. The quantitative estimate of drug-likeness (QED) is 0.290. The van der Waals surface area contributed by atoms with Crippen molar-refractivity contribution in [2.24, 2.45) is 0 Å². The maximum absolute atomic E-state index is 13.6. The van der Waals surface area contributed by atoms with E-state index >= 15 is 0 Å². The van der Waals surface area contributed by atoms with Crippen LogP contribution >= 0.6 is 0 Å². The number of carboxylic acids is 1. The first kappa shape index (κ1) is 27.0. The normalized spacial score (nSPS) is 11.9. The van der Waals surface area contributed by atoms with E-state index in [1.54, 1.807) is 6.92 Å². The molecule has 38 heavy (non-hydrogen) atoms. The number of fused-ring (bicyclic) bond motifs is 1. The molecule has 0 unspecified atom stereocenters. The van der Waals surface area contributed by atoms with Crippen LogP contribution in [0.1, 0.15) is 29.9 Å². The standard InChI is InChI=1S/C26H26N2O8S2/c1-4-35-19-7-11-21(12-8-19)37(31,32)27-18-6-15-24-23(16-18)25(26(29)30)17(3)28(24)38(33,34)22-13-9-20(10-14-22)36-5-2/h6-16,27H,4-5H2,1-3H3,(H,29,30). The van der Waals surface area contributed by atoms with Gasteiger partial charge in [0, 0.05) is 16.8 Å². The molecule has 1 aromatic heterocycles. The van der Waals surface area contributed by atoms with E-state index in [4.69, 9.17) is 9.47 Å². The minimum Gasteiger partial charge on any atom is -0.494 e. The number of carboxylic acid groups (broad SMARTS) is 1. The lowest BCUT2D eigenvalue weighted by Gasteiger charge is -2.12. The van der Waals surface area contributed by atoms with Gasteiger partial charge in [0.15, 0.2) is 0 Å². The fourth-order valence-corrected chi connectivity index (χ4v) is 6.72. The van der Waals surface area contributed by atoms with Crippen molar-refractivity contribution in [3.8, 4) is 11.5 Å². The van der Waals surface area contributed by atoms with Crippen LogP contribution in [0.4, 0.5) is 5.69 Å². The number of nitrogens with zero attached hydrogens (tertiary/aromatic N) is 1. The van der Waals surface area contributed by atoms with Crippen molar-refractivity contribution in [2.75, 3.05) is 17.9 Å². The molecular weight excluding hydrogens is 532 g/mol. The van der Waals surface area contributed by atoms with Crippen LogP contribution in [-0.2, 0) is 20.0 Å². The fourth-order valence-electron chi connectivity index (χ4n) is 4.11. The third-order valence-corrected chi connectivity index (χ3v) is 8.95. The van der Waals surface area contributed by atoms with Crippen molar-refractivity contribution in [1.29, 1.82) is 0 Å². The summed E-state index contributed by atoms with van der Waals surface area (Å²) >= 11 is 0. The van der Waals surface area contributed by atoms with E-state index in [0.717, 1.165) is 3.97 Å². The second kappa shape index (κ2) is 10.4. The van der Waals surface area contributed by atoms with Gasteiger partial charge in [-0.15, -0.1) is 0 Å². The molecule has 0 bridgehead atoms. The average molecular weight is 559 g/mol. The van der Waals surface area contributed by atoms with Gasteiger partial charge >= 0.3 is 5.97 Å². The first-order valence-electron chi connectivity index (χ1n) is 11.6. The molecule has 0 radical (unpaired) electrons. The van der Waals surface area contributed by atoms with Crippen molar-refractivity contribution in [2.45, 2.75) is 30.6 Å². The van der Waals surface area contributed by atoms with E-state index < -0.39 is 26.0 Å². The number of sulfonamides is 1. The first-order valence-corrected chi connectivity index (χ1v) is 14.5. The molecule has 0 spiro atoms. The summed E-state index contributed by atoms with van der Waals surface area (Å²) in [7, 11) is -8.21. The van der Waals surface area contributed by atoms with E-state index in [9.17, 15) is 26.7 Å². The second-order valence-electron chi connectivity index (χ2n) is 8.18. The van der Waals surface area contributed by atoms with Gasteiger partial charge in [-0.1, -0.05) is 0 Å². The molecule has 2 N–H and O–H groups in total. The zero-order valence-electron chi connectivity index (χ0n) is 20.8. The summed E-state index contributed by atoms with van der Waals surface area (Å²) in [6, 6.07) is 15.7. The van der Waals surface area contributed by atoms with Gasteiger partial charge in [0.1, 0.15) is 11.5 Å². The molecule has 3 aromatic carbocycles. The minimum atomic E-state index is -4.19. The van der Waals surface area contributed by atoms with Crippen LogP contribution in [0.3, 0.4) is 0 Å². The molecule has 0 fully saturated rings. The number of hydrogen-bond acceptors (Lipinski definition) is 7. The summed E-state index contributed by atoms with van der Waals surface area (Å²) in [6.45, 7) is 5.86. The van der Waals surface area contributed by atoms with Gasteiger partial charge in [-0.2, -0.15) is 0 Å². The number of benzene rings is 3. The van der Waals surface area contributed by atoms with Crippen LogP contribution in [0.15, 0.2) is 76.5 Å². The zero-order valence-corrected chi connectivity index (χ0v) is 22.5. The predicted octanol–water partition coefficient (Wildman–Crippen LogP) is 4.48. The van der Waals surface area contributed by atoms with Crippen molar-refractivity contribution < 1.29 is 36.2 Å². The molecule has 0 saturated carbocycles. The summed E-state index contributed by atoms with van der Waals surface area (Å²) in [5, 5.41) is 9.97. The molecule has 4 rings (SSSR count). The number of aromatic nitrogens is 1. The maximum atomic E-state index is 13.6. The highest BCUT2D eigenvalue weighted by molar-refractivity contribution is 7.92. The molecule has 0 amide bonds. The lowest BCUT2D eigenvalue weighted by Crippen LogP contribution is -2.15. The highest BCUT2D eigenvalue weighted by Gasteiger charge is 2.28. The summed E-state index contributed by atoms with van der Waals surface area (Å²) in [4.78, 5) is 12.1. The number of hydrogen-bond donors (Lipinski definition) is 2. The summed E-state index contributed by atoms with van der Waals surface area (Å²) in [5.74, 6) is -0.333. The van der Waals surface area contributed by atoms with Crippen LogP contribution in [-0.4, -0.2) is 45.1 Å². The third-order valence-electron chi connectivity index (χ3n) is 5.74. The van der Waals surface area contributed by atoms with E-state index in [-0.39, 0.29) is 37.6 Å². The molecule has 1 heterocycles. The van der Waals surface area contributed by atoms with Crippen LogP contribution in [0.2, 0.25) is 0 Å². The Morgan fingerprint density at radius 2 is 1.37 bits per heavy atom. The number of anilines is 1. The van der Waals surface area contributed by atoms with E-state index in [0.29, 0.717) is 24.7 Å². The van der Waals surface area contributed by atoms with Gasteiger partial charge in [0.25, 0.3) is 20.0 Å². The highest BCUT2D eigenvalue weighted by Crippen LogP contribution is 2.33. The average Bonchev–Trinajstić information content (AvgIpc) is 3.16. The largest absolute Gasteiger partial charge is 0.494 e. The molecule has 12 heteroatoms. The lowest BCUT2D eigenvalue weighted by atomic mass is 10.1. The Kier molecular flexibility index (Phi) is 7.38. The van der Waals surface area contributed by atoms with Crippen LogP contribution in [0.25, 0.3) is 10.9 Å². The van der Waals surface area contributed by atoms with Gasteiger partial charge in [-0.3, -0.25) is 4.72 Å². The zero-order chi connectivity index (χ0) is 27.7. The molecular formula is C26H26N2O8S2. The molecule has 200 valence electrons. The topological polar surface area (TPSA) is 141 Å². The Morgan fingerprint density at radius 3 is 1.87 bits per heavy atom. The van der Waals surface area contributed by atoms with Crippen molar-refractivity contribution in [1.82, 2.24) is 3.97 Å². The van der Waals surface area contributed by atoms with E-state index in [2.05, 4.69) is 4.72 Å². The summed E-state index contributed by atoms with van der Waals surface area (Å²) in [6.07, 6.45) is 0. The smallest absolute Gasteiger partial charge is 0.338 e. The monoisotopic (exact) mass is 558 g/mol. The molecule has 0 aliphatic carbocycles. The number of ether oxygens (including phenoxy) is 2. The molecule has 0 saturated heterocycles. The van der Waals surface area contributed by atoms with Crippen molar-refractivity contribution in [3.05, 3.63) is 78.0 Å². The molecule has 0 aliphatic heterocycles. The Labute approximate surface area is 220 Å². The van der Waals surface area contributed by atoms with Gasteiger partial charge < -0.3 is 14.6 Å². The Bertz CT molecular complexity index is 1710. The van der Waals surface area contributed by atoms with Crippen molar-refractivity contribution >= 4 is 42.6 Å². The van der Waals surface area contributed by atoms with E-state index in [1.165, 1.54) is 73.7 Å². The van der Waals surface area contributed by atoms with Crippen molar-refractivity contribution in [3.63, 3.8) is 0 Å². The van der Waals surface area contributed by atoms with Crippen LogP contribution in [0.5, 0.6) is 11.5 Å². The molecule has 10 nitrogen and oxygen atoms in total. The van der Waals surface area contributed by atoms with Crippen LogP contribution < -0.4 is 14.2 Å². The SMILES string of the molecule is CCOc1ccc(S(=O)(=O)Nc2ccc3c(c2)c(C(=O)O)c(C)n3S(=O)(=O)c2ccc(OCC)cc2)cc1. The molecule has 0 atom stereocenters. The Balaban J connectivity index is 1.78. The maximum Gasteiger partial charge on any atom is 0.338 e. The second-order valence-corrected chi connectivity index (χ2v) is 11.7. The number of carbonyl (C=O) groups is 1. The first-order chi connectivity index (χ1) is 18.0. The van der Waals surface area contributed by atoms with Gasteiger partial charge in [0.2, 0.25) is 0 Å². The van der Waals surface area contributed by atoms with Gasteiger partial charge in [0.05, 0.1) is 34.1 Å². The predicted molar refractivity (Wildman–Crippen MR) is 142 cm³/mol. The minimum absolute atomic E-state index is 0.0205.